The SMILES string of the molecule is O=[N+]([O-])c1ccc(C2=CSc3nncn3N2)cc1. The molecule has 1 aromatic heterocycles. The maximum atomic E-state index is 10.6. The Morgan fingerprint density at radius 1 is 1.33 bits per heavy atom. The molecule has 1 aliphatic heterocycles. The van der Waals surface area contributed by atoms with Crippen molar-refractivity contribution in [2.75, 3.05) is 5.43 Å². The first kappa shape index (κ1) is 10.8. The molecule has 0 bridgehead atoms. The van der Waals surface area contributed by atoms with Crippen LogP contribution in [0.5, 0.6) is 0 Å². The van der Waals surface area contributed by atoms with Crippen molar-refractivity contribution in [3.63, 3.8) is 0 Å². The van der Waals surface area contributed by atoms with Gasteiger partial charge in [0.15, 0.2) is 0 Å². The molecule has 0 amide bonds. The van der Waals surface area contributed by atoms with E-state index in [0.717, 1.165) is 16.4 Å². The standard InChI is InChI=1S/C10H7N5O2S/c16-15(17)8-3-1-7(2-4-8)9-5-18-10-12-11-6-14(10)13-9/h1-6,13H. The number of hydrogen-bond donors (Lipinski definition) is 1. The number of benzene rings is 1. The van der Waals surface area contributed by atoms with Crippen LogP contribution in [-0.4, -0.2) is 19.8 Å². The first-order valence-corrected chi connectivity index (χ1v) is 5.91. The summed E-state index contributed by atoms with van der Waals surface area (Å²) in [6.07, 6.45) is 1.57. The second-order valence-electron chi connectivity index (χ2n) is 3.55. The van der Waals surface area contributed by atoms with Gasteiger partial charge >= 0.3 is 0 Å². The van der Waals surface area contributed by atoms with Crippen molar-refractivity contribution in [1.82, 2.24) is 14.9 Å². The van der Waals surface area contributed by atoms with Gasteiger partial charge < -0.3 is 0 Å². The number of rotatable bonds is 2. The zero-order valence-corrected chi connectivity index (χ0v) is 9.79. The summed E-state index contributed by atoms with van der Waals surface area (Å²) in [7, 11) is 0. The fraction of sp³-hybridized carbons (Fsp3) is 0. The Hall–Kier alpha value is -2.35. The molecule has 8 heteroatoms. The number of aromatic nitrogens is 3. The fourth-order valence-electron chi connectivity index (χ4n) is 1.54. The first-order valence-electron chi connectivity index (χ1n) is 5.03. The summed E-state index contributed by atoms with van der Waals surface area (Å²) in [4.78, 5) is 10.2. The van der Waals surface area contributed by atoms with Gasteiger partial charge in [-0.25, -0.2) is 4.68 Å². The number of nitro benzene ring substituents is 1. The van der Waals surface area contributed by atoms with E-state index >= 15 is 0 Å². The molecular weight excluding hydrogens is 254 g/mol. The molecule has 0 fully saturated rings. The summed E-state index contributed by atoms with van der Waals surface area (Å²) in [5.74, 6) is 0. The zero-order chi connectivity index (χ0) is 12.5. The second-order valence-corrected chi connectivity index (χ2v) is 4.39. The lowest BCUT2D eigenvalue weighted by Crippen LogP contribution is -2.16. The van der Waals surface area contributed by atoms with Crippen molar-refractivity contribution in [3.8, 4) is 0 Å². The highest BCUT2D eigenvalue weighted by Gasteiger charge is 2.14. The van der Waals surface area contributed by atoms with E-state index in [2.05, 4.69) is 15.6 Å². The fourth-order valence-corrected chi connectivity index (χ4v) is 2.26. The minimum Gasteiger partial charge on any atom is -0.290 e. The molecule has 0 aliphatic carbocycles. The van der Waals surface area contributed by atoms with E-state index in [0.29, 0.717) is 0 Å². The molecule has 18 heavy (non-hydrogen) atoms. The molecule has 1 N–H and O–H groups in total. The molecule has 0 radical (unpaired) electrons. The van der Waals surface area contributed by atoms with Crippen molar-refractivity contribution in [2.45, 2.75) is 5.16 Å². The first-order chi connectivity index (χ1) is 8.74. The van der Waals surface area contributed by atoms with Crippen LogP contribution >= 0.6 is 11.8 Å². The Bertz CT molecular complexity index is 634. The van der Waals surface area contributed by atoms with E-state index in [-0.39, 0.29) is 5.69 Å². The van der Waals surface area contributed by atoms with Crippen molar-refractivity contribution < 1.29 is 4.92 Å². The minimum absolute atomic E-state index is 0.0767. The van der Waals surface area contributed by atoms with E-state index < -0.39 is 4.92 Å². The van der Waals surface area contributed by atoms with Crippen molar-refractivity contribution in [3.05, 3.63) is 51.7 Å². The molecule has 3 rings (SSSR count). The summed E-state index contributed by atoms with van der Waals surface area (Å²) in [5.41, 5.74) is 4.90. The van der Waals surface area contributed by atoms with Gasteiger partial charge in [-0.2, -0.15) is 0 Å². The number of fused-ring (bicyclic) bond motifs is 1. The van der Waals surface area contributed by atoms with Crippen LogP contribution in [0.15, 0.2) is 41.2 Å². The zero-order valence-electron chi connectivity index (χ0n) is 8.98. The summed E-state index contributed by atoms with van der Waals surface area (Å²) in [6.45, 7) is 0. The molecule has 0 spiro atoms. The predicted octanol–water partition coefficient (Wildman–Crippen LogP) is 1.83. The monoisotopic (exact) mass is 261 g/mol. The highest BCUT2D eigenvalue weighted by Crippen LogP contribution is 2.27. The number of non-ortho nitro benzene ring substituents is 1. The highest BCUT2D eigenvalue weighted by molar-refractivity contribution is 8.02. The number of hydrogen-bond acceptors (Lipinski definition) is 6. The van der Waals surface area contributed by atoms with Crippen molar-refractivity contribution >= 4 is 23.1 Å². The quantitative estimate of drug-likeness (QED) is 0.655. The third-order valence-corrected chi connectivity index (χ3v) is 3.27. The normalized spacial score (nSPS) is 13.4. The van der Waals surface area contributed by atoms with Crippen molar-refractivity contribution in [1.29, 1.82) is 0 Å². The van der Waals surface area contributed by atoms with Crippen LogP contribution in [0.4, 0.5) is 5.69 Å². The summed E-state index contributed by atoms with van der Waals surface area (Å²) >= 11 is 1.44. The van der Waals surface area contributed by atoms with Gasteiger partial charge in [-0.3, -0.25) is 15.5 Å². The molecular formula is C10H7N5O2S. The van der Waals surface area contributed by atoms with Crippen LogP contribution < -0.4 is 5.43 Å². The van der Waals surface area contributed by atoms with Gasteiger partial charge in [0.1, 0.15) is 6.33 Å². The van der Waals surface area contributed by atoms with E-state index in [9.17, 15) is 10.1 Å². The Morgan fingerprint density at radius 3 is 2.83 bits per heavy atom. The maximum absolute atomic E-state index is 10.6. The van der Waals surface area contributed by atoms with E-state index in [1.807, 2.05) is 5.41 Å². The van der Waals surface area contributed by atoms with E-state index in [1.165, 1.54) is 23.9 Å². The predicted molar refractivity (Wildman–Crippen MR) is 66.3 cm³/mol. The lowest BCUT2D eigenvalue weighted by Gasteiger charge is -2.16. The van der Waals surface area contributed by atoms with Gasteiger partial charge in [-0.1, -0.05) is 11.8 Å². The van der Waals surface area contributed by atoms with Gasteiger partial charge in [-0.05, 0) is 12.1 Å². The van der Waals surface area contributed by atoms with Crippen LogP contribution in [0.3, 0.4) is 0 Å². The molecule has 2 heterocycles. The molecule has 0 saturated heterocycles. The number of nitrogens with zero attached hydrogens (tertiary/aromatic N) is 4. The molecule has 0 unspecified atom stereocenters. The Kier molecular flexibility index (Phi) is 2.49. The van der Waals surface area contributed by atoms with Gasteiger partial charge in [0.2, 0.25) is 5.16 Å². The van der Waals surface area contributed by atoms with Gasteiger partial charge in [0.25, 0.3) is 5.69 Å². The molecule has 0 saturated carbocycles. The number of nitrogens with one attached hydrogen (secondary N) is 1. The van der Waals surface area contributed by atoms with E-state index in [4.69, 9.17) is 0 Å². The molecule has 7 nitrogen and oxygen atoms in total. The Morgan fingerprint density at radius 2 is 2.11 bits per heavy atom. The summed E-state index contributed by atoms with van der Waals surface area (Å²) in [6, 6.07) is 6.36. The summed E-state index contributed by atoms with van der Waals surface area (Å²) in [5, 5.41) is 20.9. The molecule has 0 atom stereocenters. The molecule has 2 aromatic rings. The minimum atomic E-state index is -0.418. The Labute approximate surface area is 106 Å². The molecule has 1 aromatic carbocycles. The van der Waals surface area contributed by atoms with Crippen LogP contribution in [0.2, 0.25) is 0 Å². The van der Waals surface area contributed by atoms with Crippen LogP contribution in [0, 0.1) is 10.1 Å². The van der Waals surface area contributed by atoms with Gasteiger partial charge in [0, 0.05) is 23.1 Å². The molecule has 1 aliphatic rings. The van der Waals surface area contributed by atoms with Gasteiger partial charge in [0.05, 0.1) is 10.6 Å². The van der Waals surface area contributed by atoms with Crippen LogP contribution in [0.1, 0.15) is 5.56 Å². The van der Waals surface area contributed by atoms with Crippen molar-refractivity contribution in [2.24, 2.45) is 0 Å². The lowest BCUT2D eigenvalue weighted by atomic mass is 10.1. The maximum Gasteiger partial charge on any atom is 0.269 e. The second kappa shape index (κ2) is 4.15. The lowest BCUT2D eigenvalue weighted by molar-refractivity contribution is -0.384. The average molecular weight is 261 g/mol. The van der Waals surface area contributed by atoms with Crippen LogP contribution in [0.25, 0.3) is 5.70 Å². The highest BCUT2D eigenvalue weighted by atomic mass is 32.2. The Balaban J connectivity index is 1.88. The molecule has 90 valence electrons. The van der Waals surface area contributed by atoms with E-state index in [1.54, 1.807) is 23.1 Å². The number of nitro groups is 1. The van der Waals surface area contributed by atoms with Crippen LogP contribution in [-0.2, 0) is 0 Å². The smallest absolute Gasteiger partial charge is 0.269 e. The topological polar surface area (TPSA) is 85.9 Å². The van der Waals surface area contributed by atoms with Gasteiger partial charge in [-0.15, -0.1) is 10.2 Å². The number of thioether (sulfide) groups is 1. The average Bonchev–Trinajstić information content (AvgIpc) is 2.86. The largest absolute Gasteiger partial charge is 0.290 e. The third kappa shape index (κ3) is 1.82. The third-order valence-electron chi connectivity index (χ3n) is 2.43. The summed E-state index contributed by atoms with van der Waals surface area (Å²) < 4.78 is 1.70.